The van der Waals surface area contributed by atoms with Crippen molar-refractivity contribution in [1.82, 2.24) is 24.4 Å². The van der Waals surface area contributed by atoms with Crippen LogP contribution >= 0.6 is 0 Å². The zero-order valence-electron chi connectivity index (χ0n) is 14.5. The molecule has 1 N–H and O–H groups in total. The Morgan fingerprint density at radius 2 is 1.93 bits per heavy atom. The third-order valence-electron chi connectivity index (χ3n) is 4.14. The van der Waals surface area contributed by atoms with Gasteiger partial charge in [-0.2, -0.15) is 23.4 Å². The molecule has 0 aliphatic heterocycles. The number of carbonyl (C=O) groups is 1. The van der Waals surface area contributed by atoms with Crippen LogP contribution in [0.15, 0.2) is 55.0 Å². The minimum absolute atomic E-state index is 0.0108. The van der Waals surface area contributed by atoms with Crippen LogP contribution < -0.4 is 5.32 Å². The predicted octanol–water partition coefficient (Wildman–Crippen LogP) is 3.40. The van der Waals surface area contributed by atoms with Gasteiger partial charge in [0.2, 0.25) is 5.82 Å². The zero-order valence-corrected chi connectivity index (χ0v) is 14.5. The van der Waals surface area contributed by atoms with Gasteiger partial charge >= 0.3 is 6.18 Å². The number of hydrogen-bond acceptors (Lipinski definition) is 4. The van der Waals surface area contributed by atoms with E-state index in [1.165, 1.54) is 39.9 Å². The van der Waals surface area contributed by atoms with Gasteiger partial charge in [0.15, 0.2) is 0 Å². The second kappa shape index (κ2) is 6.48. The van der Waals surface area contributed by atoms with Crippen molar-refractivity contribution < 1.29 is 18.0 Å². The molecule has 0 spiro atoms. The average molecular weight is 386 g/mol. The van der Waals surface area contributed by atoms with Crippen LogP contribution in [0.4, 0.5) is 18.9 Å². The van der Waals surface area contributed by atoms with E-state index in [0.717, 1.165) is 6.07 Å². The topological polar surface area (TPSA) is 77.1 Å². The molecular formula is C18H13F3N6O. The van der Waals surface area contributed by atoms with E-state index in [9.17, 15) is 18.0 Å². The lowest BCUT2D eigenvalue weighted by Gasteiger charge is -2.10. The molecule has 7 nitrogen and oxygen atoms in total. The van der Waals surface area contributed by atoms with Crippen molar-refractivity contribution in [3.05, 3.63) is 66.4 Å². The second-order valence-corrected chi connectivity index (χ2v) is 6.02. The molecular weight excluding hydrogens is 373 g/mol. The lowest BCUT2D eigenvalue weighted by atomic mass is 10.0. The van der Waals surface area contributed by atoms with E-state index in [2.05, 4.69) is 20.5 Å². The molecule has 1 aromatic carbocycles. The average Bonchev–Trinajstić information content (AvgIpc) is 3.26. The van der Waals surface area contributed by atoms with Crippen molar-refractivity contribution in [3.63, 3.8) is 0 Å². The Balaban J connectivity index is 1.68. The Labute approximate surface area is 156 Å². The van der Waals surface area contributed by atoms with Gasteiger partial charge in [-0.15, -0.1) is 0 Å². The molecule has 0 bridgehead atoms. The Morgan fingerprint density at radius 3 is 2.64 bits per heavy atom. The maximum atomic E-state index is 13.3. The van der Waals surface area contributed by atoms with Crippen LogP contribution in [0, 0.1) is 0 Å². The molecule has 142 valence electrons. The zero-order chi connectivity index (χ0) is 19.9. The molecule has 10 heteroatoms. The number of rotatable bonds is 3. The van der Waals surface area contributed by atoms with Gasteiger partial charge in [0, 0.05) is 12.6 Å². The number of alkyl halides is 3. The Kier molecular flexibility index (Phi) is 4.10. The number of hydrogen-bond donors (Lipinski definition) is 1. The monoisotopic (exact) mass is 386 g/mol. The first-order chi connectivity index (χ1) is 13.3. The van der Waals surface area contributed by atoms with E-state index in [-0.39, 0.29) is 17.1 Å². The summed E-state index contributed by atoms with van der Waals surface area (Å²) in [5, 5.41) is 10.7. The largest absolute Gasteiger partial charge is 0.417 e. The molecule has 4 rings (SSSR count). The van der Waals surface area contributed by atoms with Crippen LogP contribution in [-0.2, 0) is 13.2 Å². The van der Waals surface area contributed by atoms with Crippen LogP contribution in [-0.4, -0.2) is 30.3 Å². The van der Waals surface area contributed by atoms with E-state index in [1.54, 1.807) is 25.2 Å². The molecule has 0 saturated carbocycles. The lowest BCUT2D eigenvalue weighted by molar-refractivity contribution is -0.137. The molecule has 0 aliphatic carbocycles. The highest BCUT2D eigenvalue weighted by molar-refractivity contribution is 6.01. The molecule has 0 radical (unpaired) electrons. The highest BCUT2D eigenvalue weighted by Crippen LogP contribution is 2.36. The van der Waals surface area contributed by atoms with E-state index in [1.807, 2.05) is 0 Å². The van der Waals surface area contributed by atoms with Crippen LogP contribution in [0.3, 0.4) is 0 Å². The summed E-state index contributed by atoms with van der Waals surface area (Å²) in [6, 6.07) is 10.1. The lowest BCUT2D eigenvalue weighted by Crippen LogP contribution is -2.17. The molecule has 0 atom stereocenters. The van der Waals surface area contributed by atoms with Gasteiger partial charge < -0.3 is 5.32 Å². The number of carbonyl (C=O) groups excluding carboxylic acids is 1. The second-order valence-electron chi connectivity index (χ2n) is 6.02. The number of nitrogens with zero attached hydrogens (tertiary/aromatic N) is 5. The number of halogens is 3. The molecule has 1 amide bonds. The standard InChI is InChI=1S/C18H13F3N6O/c1-26-16(22-10-23-26)17(28)24-11-6-7-12-8-15(25-27(12)9-11)13-4-2-3-5-14(13)18(19,20)21/h2-10H,1H3,(H,24,28). The smallest absolute Gasteiger partial charge is 0.318 e. The van der Waals surface area contributed by atoms with E-state index < -0.39 is 17.6 Å². The van der Waals surface area contributed by atoms with Crippen molar-refractivity contribution in [2.24, 2.45) is 7.05 Å². The van der Waals surface area contributed by atoms with Gasteiger partial charge in [-0.05, 0) is 24.3 Å². The number of nitrogens with one attached hydrogen (secondary N) is 1. The summed E-state index contributed by atoms with van der Waals surface area (Å²) < 4.78 is 42.5. The summed E-state index contributed by atoms with van der Waals surface area (Å²) >= 11 is 0. The van der Waals surface area contributed by atoms with Gasteiger partial charge in [0.05, 0.1) is 28.7 Å². The van der Waals surface area contributed by atoms with E-state index in [0.29, 0.717) is 11.2 Å². The molecule has 4 aromatic rings. The van der Waals surface area contributed by atoms with Crippen LogP contribution in [0.5, 0.6) is 0 Å². The molecule has 28 heavy (non-hydrogen) atoms. The third-order valence-corrected chi connectivity index (χ3v) is 4.14. The fraction of sp³-hybridized carbons (Fsp3) is 0.111. The molecule has 0 saturated heterocycles. The molecule has 0 unspecified atom stereocenters. The number of pyridine rings is 1. The van der Waals surface area contributed by atoms with Crippen molar-refractivity contribution in [2.75, 3.05) is 5.32 Å². The normalized spacial score (nSPS) is 11.7. The Hall–Kier alpha value is -3.69. The van der Waals surface area contributed by atoms with Crippen molar-refractivity contribution in [3.8, 4) is 11.3 Å². The number of anilines is 1. The molecule has 3 aromatic heterocycles. The SMILES string of the molecule is Cn1ncnc1C(=O)Nc1ccc2cc(-c3ccccc3C(F)(F)F)nn2c1. The summed E-state index contributed by atoms with van der Waals surface area (Å²) in [5.41, 5.74) is 0.421. The predicted molar refractivity (Wildman–Crippen MR) is 94.6 cm³/mol. The number of benzene rings is 1. The van der Waals surface area contributed by atoms with Gasteiger partial charge in [-0.1, -0.05) is 18.2 Å². The number of aromatic nitrogens is 5. The van der Waals surface area contributed by atoms with Gasteiger partial charge in [-0.3, -0.25) is 4.79 Å². The Morgan fingerprint density at radius 1 is 1.14 bits per heavy atom. The van der Waals surface area contributed by atoms with E-state index >= 15 is 0 Å². The van der Waals surface area contributed by atoms with E-state index in [4.69, 9.17) is 0 Å². The van der Waals surface area contributed by atoms with Crippen molar-refractivity contribution >= 4 is 17.1 Å². The minimum Gasteiger partial charge on any atom is -0.318 e. The highest BCUT2D eigenvalue weighted by atomic mass is 19.4. The molecule has 3 heterocycles. The number of amides is 1. The summed E-state index contributed by atoms with van der Waals surface area (Å²) in [6.07, 6.45) is -1.71. The highest BCUT2D eigenvalue weighted by Gasteiger charge is 2.33. The quantitative estimate of drug-likeness (QED) is 0.586. The summed E-state index contributed by atoms with van der Waals surface area (Å²) in [7, 11) is 1.59. The van der Waals surface area contributed by atoms with Gasteiger partial charge in [-0.25, -0.2) is 14.2 Å². The van der Waals surface area contributed by atoms with Gasteiger partial charge in [0.25, 0.3) is 5.91 Å². The fourth-order valence-electron chi connectivity index (χ4n) is 2.83. The maximum Gasteiger partial charge on any atom is 0.417 e. The summed E-state index contributed by atoms with van der Waals surface area (Å²) in [5.74, 6) is -0.338. The van der Waals surface area contributed by atoms with Crippen molar-refractivity contribution in [1.29, 1.82) is 0 Å². The first-order valence-corrected chi connectivity index (χ1v) is 8.14. The summed E-state index contributed by atoms with van der Waals surface area (Å²) in [4.78, 5) is 16.1. The first kappa shape index (κ1) is 17.7. The molecule has 0 fully saturated rings. The first-order valence-electron chi connectivity index (χ1n) is 8.14. The summed E-state index contributed by atoms with van der Waals surface area (Å²) in [6.45, 7) is 0. The van der Waals surface area contributed by atoms with Crippen LogP contribution in [0.25, 0.3) is 16.8 Å². The van der Waals surface area contributed by atoms with Crippen molar-refractivity contribution in [2.45, 2.75) is 6.18 Å². The number of aryl methyl sites for hydroxylation is 1. The fourth-order valence-corrected chi connectivity index (χ4v) is 2.83. The molecule has 0 aliphatic rings. The van der Waals surface area contributed by atoms with Gasteiger partial charge in [0.1, 0.15) is 6.33 Å². The number of fused-ring (bicyclic) bond motifs is 1. The van der Waals surface area contributed by atoms with Crippen LogP contribution in [0.1, 0.15) is 16.2 Å². The Bertz CT molecular complexity index is 1180. The third kappa shape index (κ3) is 3.20. The minimum atomic E-state index is -4.48. The maximum absolute atomic E-state index is 13.3. The van der Waals surface area contributed by atoms with Crippen LogP contribution in [0.2, 0.25) is 0 Å².